The predicted octanol–water partition coefficient (Wildman–Crippen LogP) is 2.07. The van der Waals surface area contributed by atoms with E-state index >= 15 is 0 Å². The molecule has 2 rings (SSSR count). The average Bonchev–Trinajstić information content (AvgIpc) is 2.63. The molecular weight excluding hydrogens is 208 g/mol. The van der Waals surface area contributed by atoms with Crippen LogP contribution in [-0.4, -0.2) is 17.9 Å². The van der Waals surface area contributed by atoms with Gasteiger partial charge >= 0.3 is 5.97 Å². The molecule has 1 N–H and O–H groups in total. The lowest BCUT2D eigenvalue weighted by atomic mass is 9.98. The topological polar surface area (TPSA) is 55.8 Å². The molecule has 16 heavy (non-hydrogen) atoms. The predicted molar refractivity (Wildman–Crippen MR) is 57.7 cm³/mol. The molecule has 0 spiro atoms. The number of ether oxygens (including phenoxy) is 2. The fraction of sp³-hybridized carbons (Fsp3) is 0.417. The second-order valence-electron chi connectivity index (χ2n) is 4.09. The van der Waals surface area contributed by atoms with Gasteiger partial charge in [0.25, 0.3) is 0 Å². The maximum Gasteiger partial charge on any atom is 0.303 e. The van der Waals surface area contributed by atoms with Crippen molar-refractivity contribution in [2.75, 3.05) is 6.79 Å². The van der Waals surface area contributed by atoms with E-state index in [0.717, 1.165) is 23.5 Å². The molecule has 0 saturated carbocycles. The van der Waals surface area contributed by atoms with Crippen LogP contribution < -0.4 is 9.47 Å². The van der Waals surface area contributed by atoms with Crippen LogP contribution in [0.2, 0.25) is 0 Å². The van der Waals surface area contributed by atoms with Crippen LogP contribution in [0.3, 0.4) is 0 Å². The Hall–Kier alpha value is -1.71. The standard InChI is InChI=1S/C12H14O4/c1-8(5-12(13)14)4-9-2-3-10-11(6-9)16-7-15-10/h2-3,6,8H,4-5,7H2,1H3,(H,13,14)/t8-/m0/s1. The molecule has 1 atom stereocenters. The zero-order valence-corrected chi connectivity index (χ0v) is 9.10. The van der Waals surface area contributed by atoms with Gasteiger partial charge in [-0.2, -0.15) is 0 Å². The number of benzene rings is 1. The molecule has 0 radical (unpaired) electrons. The minimum atomic E-state index is -0.756. The second-order valence-corrected chi connectivity index (χ2v) is 4.09. The third-order valence-electron chi connectivity index (χ3n) is 2.54. The van der Waals surface area contributed by atoms with E-state index in [1.807, 2.05) is 25.1 Å². The number of rotatable bonds is 4. The number of aliphatic carboxylic acids is 1. The Labute approximate surface area is 93.8 Å². The van der Waals surface area contributed by atoms with Crippen LogP contribution in [0.4, 0.5) is 0 Å². The number of carbonyl (C=O) groups is 1. The van der Waals surface area contributed by atoms with Gasteiger partial charge in [-0.15, -0.1) is 0 Å². The van der Waals surface area contributed by atoms with Crippen molar-refractivity contribution in [1.82, 2.24) is 0 Å². The summed E-state index contributed by atoms with van der Waals surface area (Å²) in [6.07, 6.45) is 0.928. The van der Waals surface area contributed by atoms with Crippen LogP contribution in [0.1, 0.15) is 18.9 Å². The number of hydrogen-bond acceptors (Lipinski definition) is 3. The molecule has 0 aliphatic carbocycles. The van der Waals surface area contributed by atoms with Crippen LogP contribution in [0.25, 0.3) is 0 Å². The summed E-state index contributed by atoms with van der Waals surface area (Å²) in [4.78, 5) is 10.5. The number of fused-ring (bicyclic) bond motifs is 1. The molecule has 1 aliphatic rings. The summed E-state index contributed by atoms with van der Waals surface area (Å²) in [6.45, 7) is 2.20. The highest BCUT2D eigenvalue weighted by Crippen LogP contribution is 2.33. The van der Waals surface area contributed by atoms with Crippen molar-refractivity contribution in [2.24, 2.45) is 5.92 Å². The number of carboxylic acids is 1. The van der Waals surface area contributed by atoms with Crippen molar-refractivity contribution < 1.29 is 19.4 Å². The van der Waals surface area contributed by atoms with Gasteiger partial charge in [-0.05, 0) is 30.0 Å². The van der Waals surface area contributed by atoms with E-state index in [1.165, 1.54) is 0 Å². The van der Waals surface area contributed by atoms with Crippen molar-refractivity contribution >= 4 is 5.97 Å². The molecule has 4 nitrogen and oxygen atoms in total. The maximum atomic E-state index is 10.5. The molecule has 4 heteroatoms. The normalized spacial score (nSPS) is 14.8. The lowest BCUT2D eigenvalue weighted by Crippen LogP contribution is -2.06. The highest BCUT2D eigenvalue weighted by atomic mass is 16.7. The molecular formula is C12H14O4. The van der Waals surface area contributed by atoms with Crippen molar-refractivity contribution in [3.05, 3.63) is 23.8 Å². The van der Waals surface area contributed by atoms with E-state index in [4.69, 9.17) is 14.6 Å². The zero-order valence-electron chi connectivity index (χ0n) is 9.10. The lowest BCUT2D eigenvalue weighted by molar-refractivity contribution is -0.137. The minimum Gasteiger partial charge on any atom is -0.481 e. The van der Waals surface area contributed by atoms with Crippen molar-refractivity contribution in [2.45, 2.75) is 19.8 Å². The van der Waals surface area contributed by atoms with E-state index in [2.05, 4.69) is 0 Å². The Morgan fingerprint density at radius 2 is 2.19 bits per heavy atom. The number of carboxylic acid groups (broad SMARTS) is 1. The fourth-order valence-corrected chi connectivity index (χ4v) is 1.84. The average molecular weight is 222 g/mol. The number of hydrogen-bond donors (Lipinski definition) is 1. The molecule has 0 unspecified atom stereocenters. The Kier molecular flexibility index (Phi) is 2.99. The first-order chi connectivity index (χ1) is 7.65. The van der Waals surface area contributed by atoms with Gasteiger partial charge in [0.2, 0.25) is 6.79 Å². The summed E-state index contributed by atoms with van der Waals surface area (Å²) in [5, 5.41) is 8.67. The first-order valence-corrected chi connectivity index (χ1v) is 5.25. The Bertz CT molecular complexity index is 400. The quantitative estimate of drug-likeness (QED) is 0.847. The van der Waals surface area contributed by atoms with Crippen LogP contribution in [0, 0.1) is 5.92 Å². The third-order valence-corrected chi connectivity index (χ3v) is 2.54. The Balaban J connectivity index is 2.02. The Morgan fingerprint density at radius 1 is 1.44 bits per heavy atom. The third kappa shape index (κ3) is 2.45. The largest absolute Gasteiger partial charge is 0.481 e. The van der Waals surface area contributed by atoms with Crippen molar-refractivity contribution in [3.63, 3.8) is 0 Å². The zero-order chi connectivity index (χ0) is 11.5. The fourth-order valence-electron chi connectivity index (χ4n) is 1.84. The molecule has 0 fully saturated rings. The smallest absolute Gasteiger partial charge is 0.303 e. The highest BCUT2D eigenvalue weighted by Gasteiger charge is 2.15. The van der Waals surface area contributed by atoms with Gasteiger partial charge in [-0.3, -0.25) is 4.79 Å². The minimum absolute atomic E-state index is 0.123. The molecule has 86 valence electrons. The summed E-state index contributed by atoms with van der Waals surface area (Å²) >= 11 is 0. The molecule has 0 amide bonds. The molecule has 1 aliphatic heterocycles. The molecule has 1 aromatic rings. The molecule has 0 aromatic heterocycles. The summed E-state index contributed by atoms with van der Waals surface area (Å²) < 4.78 is 10.5. The van der Waals surface area contributed by atoms with E-state index in [-0.39, 0.29) is 19.1 Å². The van der Waals surface area contributed by atoms with Crippen molar-refractivity contribution in [3.8, 4) is 11.5 Å². The van der Waals surface area contributed by atoms with Gasteiger partial charge in [0.15, 0.2) is 11.5 Å². The summed E-state index contributed by atoms with van der Waals surface area (Å²) in [7, 11) is 0. The van der Waals surface area contributed by atoms with Crippen LogP contribution in [0.15, 0.2) is 18.2 Å². The van der Waals surface area contributed by atoms with E-state index in [1.54, 1.807) is 0 Å². The van der Waals surface area contributed by atoms with Crippen LogP contribution in [0.5, 0.6) is 11.5 Å². The molecule has 1 aromatic carbocycles. The monoisotopic (exact) mass is 222 g/mol. The van der Waals surface area contributed by atoms with Crippen LogP contribution in [-0.2, 0) is 11.2 Å². The van der Waals surface area contributed by atoms with Gasteiger partial charge in [0.1, 0.15) is 0 Å². The first-order valence-electron chi connectivity index (χ1n) is 5.25. The van der Waals surface area contributed by atoms with Gasteiger partial charge in [-0.1, -0.05) is 13.0 Å². The van der Waals surface area contributed by atoms with E-state index in [9.17, 15) is 4.79 Å². The lowest BCUT2D eigenvalue weighted by Gasteiger charge is -2.08. The van der Waals surface area contributed by atoms with E-state index < -0.39 is 5.97 Å². The van der Waals surface area contributed by atoms with Crippen molar-refractivity contribution in [1.29, 1.82) is 0 Å². The van der Waals surface area contributed by atoms with Gasteiger partial charge in [0.05, 0.1) is 0 Å². The molecule has 0 bridgehead atoms. The molecule has 1 heterocycles. The summed E-state index contributed by atoms with van der Waals surface area (Å²) in [6, 6.07) is 5.73. The maximum absolute atomic E-state index is 10.5. The first kappa shape index (κ1) is 10.8. The second kappa shape index (κ2) is 4.43. The van der Waals surface area contributed by atoms with Gasteiger partial charge in [-0.25, -0.2) is 0 Å². The SMILES string of the molecule is C[C@H](CC(=O)O)Cc1ccc2c(c1)OCO2. The van der Waals surface area contributed by atoms with Gasteiger partial charge < -0.3 is 14.6 Å². The molecule has 0 saturated heterocycles. The highest BCUT2D eigenvalue weighted by molar-refractivity contribution is 5.67. The Morgan fingerprint density at radius 3 is 2.94 bits per heavy atom. The summed E-state index contributed by atoms with van der Waals surface area (Å²) in [5.41, 5.74) is 1.08. The van der Waals surface area contributed by atoms with Gasteiger partial charge in [0, 0.05) is 6.42 Å². The summed E-state index contributed by atoms with van der Waals surface area (Å²) in [5.74, 6) is 0.876. The van der Waals surface area contributed by atoms with E-state index in [0.29, 0.717) is 0 Å². The van der Waals surface area contributed by atoms with Crippen LogP contribution >= 0.6 is 0 Å².